The molecule has 0 radical (unpaired) electrons. The second-order valence-corrected chi connectivity index (χ2v) is 15.8. The lowest BCUT2D eigenvalue weighted by Gasteiger charge is -2.23. The van der Waals surface area contributed by atoms with E-state index in [2.05, 4.69) is 15.2 Å². The molecule has 6 aromatic rings. The number of aromatic nitrogens is 3. The average Bonchev–Trinajstić information content (AvgIpc) is 3.76. The van der Waals surface area contributed by atoms with Gasteiger partial charge in [-0.15, -0.1) is 11.6 Å². The molecule has 6 rings (SSSR count). The second-order valence-electron chi connectivity index (χ2n) is 13.0. The second kappa shape index (κ2) is 17.9. The van der Waals surface area contributed by atoms with Crippen LogP contribution in [0.1, 0.15) is 59.7 Å². The highest BCUT2D eigenvalue weighted by Crippen LogP contribution is 2.41. The first-order valence-corrected chi connectivity index (χ1v) is 20.6. The van der Waals surface area contributed by atoms with Gasteiger partial charge in [0.05, 0.1) is 54.5 Å². The first-order valence-electron chi connectivity index (χ1n) is 18.1. The van der Waals surface area contributed by atoms with E-state index >= 15 is 0 Å². The van der Waals surface area contributed by atoms with E-state index in [1.165, 1.54) is 16.4 Å². The van der Waals surface area contributed by atoms with Crippen molar-refractivity contribution < 1.29 is 31.8 Å². The summed E-state index contributed by atoms with van der Waals surface area (Å²) in [5.74, 6) is 0.555. The first kappa shape index (κ1) is 40.1. The van der Waals surface area contributed by atoms with Gasteiger partial charge in [-0.1, -0.05) is 48.9 Å². The lowest BCUT2D eigenvalue weighted by atomic mass is 9.97. The normalized spacial score (nSPS) is 11.8. The maximum atomic E-state index is 13.8. The van der Waals surface area contributed by atoms with Crippen LogP contribution in [0.5, 0.6) is 11.5 Å². The van der Waals surface area contributed by atoms with Crippen LogP contribution in [0.2, 0.25) is 5.02 Å². The number of esters is 1. The summed E-state index contributed by atoms with van der Waals surface area (Å²) < 4.78 is 59.8. The van der Waals surface area contributed by atoms with Gasteiger partial charge in [0, 0.05) is 34.3 Å². The lowest BCUT2D eigenvalue weighted by Crippen LogP contribution is -2.32. The van der Waals surface area contributed by atoms with Crippen LogP contribution in [0.15, 0.2) is 72.8 Å². The Morgan fingerprint density at radius 2 is 1.75 bits per heavy atom. The molecule has 0 spiro atoms. The van der Waals surface area contributed by atoms with Crippen molar-refractivity contribution in [3.63, 3.8) is 0 Å². The zero-order valence-corrected chi connectivity index (χ0v) is 33.2. The van der Waals surface area contributed by atoms with Gasteiger partial charge in [0.2, 0.25) is 10.0 Å². The van der Waals surface area contributed by atoms with Gasteiger partial charge in [-0.05, 0) is 91.6 Å². The zero-order valence-electron chi connectivity index (χ0n) is 30.9. The number of benzene rings is 4. The highest BCUT2D eigenvalue weighted by Gasteiger charge is 2.29. The molecule has 290 valence electrons. The van der Waals surface area contributed by atoms with Crippen LogP contribution < -0.4 is 9.47 Å². The molecule has 2 N–H and O–H groups in total. The number of aryl methyl sites for hydroxylation is 2. The number of alkyl halides is 1. The van der Waals surface area contributed by atoms with Gasteiger partial charge in [-0.25, -0.2) is 17.6 Å². The third-order valence-electron chi connectivity index (χ3n) is 9.42. The highest BCUT2D eigenvalue weighted by molar-refractivity contribution is 7.89. The van der Waals surface area contributed by atoms with Crippen molar-refractivity contribution in [2.45, 2.75) is 52.6 Å². The van der Waals surface area contributed by atoms with Crippen LogP contribution in [-0.2, 0) is 40.7 Å². The average molecular weight is 810 g/mol. The predicted octanol–water partition coefficient (Wildman–Crippen LogP) is 9.22. The summed E-state index contributed by atoms with van der Waals surface area (Å²) in [6.45, 7) is 4.29. The predicted molar refractivity (Wildman–Crippen MR) is 215 cm³/mol. The molecule has 0 aliphatic carbocycles. The summed E-state index contributed by atoms with van der Waals surface area (Å²) in [6.07, 6.45) is 1.82. The zero-order chi connectivity index (χ0) is 39.1. The standard InChI is InChI=1S/C41H43Cl2FN4O6S/c1-4-34-38(35(47-46-34)25-48(55(50,51)22-8-20-42)24-26-12-15-29(52-3)16-13-26)37-33(43)19-18-32-31(40(45-39(32)37)41(49)53-5-2)10-7-21-54-36-11-6-9-27-23-28(44)14-17-30(27)36/h6,9,11-19,23,45H,4-5,7-8,10,20-22,24-25H2,1-3H3,(H,46,47). The van der Waals surface area contributed by atoms with Crippen LogP contribution >= 0.6 is 23.2 Å². The number of hydrogen-bond donors (Lipinski definition) is 2. The Hall–Kier alpha value is -4.62. The van der Waals surface area contributed by atoms with E-state index in [-0.39, 0.29) is 37.1 Å². The first-order chi connectivity index (χ1) is 26.6. The molecule has 14 heteroatoms. The highest BCUT2D eigenvalue weighted by atomic mass is 35.5. The molecule has 4 aromatic carbocycles. The van der Waals surface area contributed by atoms with Crippen molar-refractivity contribution >= 4 is 60.9 Å². The maximum absolute atomic E-state index is 13.8. The van der Waals surface area contributed by atoms with Crippen LogP contribution in [0.25, 0.3) is 32.8 Å². The van der Waals surface area contributed by atoms with E-state index in [9.17, 15) is 17.6 Å². The molecule has 0 fully saturated rings. The van der Waals surface area contributed by atoms with Crippen molar-refractivity contribution in [1.82, 2.24) is 19.5 Å². The monoisotopic (exact) mass is 808 g/mol. The molecular formula is C41H43Cl2FN4O6S. The summed E-state index contributed by atoms with van der Waals surface area (Å²) in [7, 11) is -2.20. The van der Waals surface area contributed by atoms with E-state index in [1.54, 1.807) is 38.3 Å². The summed E-state index contributed by atoms with van der Waals surface area (Å²) >= 11 is 13.0. The fraction of sp³-hybridized carbons (Fsp3) is 0.317. The van der Waals surface area contributed by atoms with Crippen LogP contribution in [0.4, 0.5) is 4.39 Å². The number of aromatic amines is 2. The molecule has 0 bridgehead atoms. The molecule has 0 saturated carbocycles. The Morgan fingerprint density at radius 3 is 2.47 bits per heavy atom. The number of nitrogens with one attached hydrogen (secondary N) is 2. The third-order valence-corrected chi connectivity index (χ3v) is 11.9. The lowest BCUT2D eigenvalue weighted by molar-refractivity contribution is 0.0519. The molecule has 0 aliphatic heterocycles. The van der Waals surface area contributed by atoms with Crippen molar-refractivity contribution in [2.75, 3.05) is 32.0 Å². The Labute approximate surface area is 329 Å². The van der Waals surface area contributed by atoms with Gasteiger partial charge in [-0.2, -0.15) is 9.40 Å². The topological polar surface area (TPSA) is 127 Å². The molecule has 55 heavy (non-hydrogen) atoms. The molecule has 0 atom stereocenters. The Kier molecular flexibility index (Phi) is 13.0. The maximum Gasteiger partial charge on any atom is 0.355 e. The molecule has 2 aromatic heterocycles. The van der Waals surface area contributed by atoms with Gasteiger partial charge in [-0.3, -0.25) is 5.10 Å². The van der Waals surface area contributed by atoms with E-state index in [0.29, 0.717) is 82.5 Å². The molecule has 0 amide bonds. The SMILES string of the molecule is CCOC(=O)c1[nH]c2c(-c3c(CC)n[nH]c3CN(Cc3ccc(OC)cc3)S(=O)(=O)CCCCl)c(Cl)ccc2c1CCCOc1cccc2cc(F)ccc12. The number of ether oxygens (including phenoxy) is 3. The Morgan fingerprint density at radius 1 is 0.964 bits per heavy atom. The number of nitrogens with zero attached hydrogens (tertiary/aromatic N) is 2. The number of halogens is 3. The fourth-order valence-corrected chi connectivity index (χ4v) is 8.76. The number of rotatable bonds is 18. The quantitative estimate of drug-likeness (QED) is 0.0504. The van der Waals surface area contributed by atoms with E-state index < -0.39 is 16.0 Å². The Balaban J connectivity index is 1.37. The molecule has 10 nitrogen and oxygen atoms in total. The van der Waals surface area contributed by atoms with Crippen molar-refractivity contribution in [3.05, 3.63) is 112 Å². The van der Waals surface area contributed by atoms with Gasteiger partial charge in [0.1, 0.15) is 23.0 Å². The number of carbonyl (C=O) groups is 1. The van der Waals surface area contributed by atoms with Crippen molar-refractivity contribution in [2.24, 2.45) is 0 Å². The smallest absolute Gasteiger partial charge is 0.355 e. The van der Waals surface area contributed by atoms with Crippen LogP contribution in [0.3, 0.4) is 0 Å². The van der Waals surface area contributed by atoms with Crippen LogP contribution in [-0.4, -0.2) is 65.8 Å². The number of fused-ring (bicyclic) bond motifs is 2. The Bertz CT molecular complexity index is 2400. The molecular weight excluding hydrogens is 766 g/mol. The van der Waals surface area contributed by atoms with Gasteiger partial charge >= 0.3 is 5.97 Å². The third kappa shape index (κ3) is 8.94. The molecule has 0 unspecified atom stereocenters. The van der Waals surface area contributed by atoms with E-state index in [4.69, 9.17) is 37.4 Å². The minimum atomic E-state index is -3.77. The van der Waals surface area contributed by atoms with Gasteiger partial charge in [0.15, 0.2) is 0 Å². The van der Waals surface area contributed by atoms with E-state index in [1.807, 2.05) is 43.3 Å². The number of carbonyl (C=O) groups excluding carboxylic acids is 1. The number of H-pyrrole nitrogens is 2. The van der Waals surface area contributed by atoms with E-state index in [0.717, 1.165) is 27.3 Å². The van der Waals surface area contributed by atoms with Gasteiger partial charge < -0.3 is 19.2 Å². The molecule has 2 heterocycles. The van der Waals surface area contributed by atoms with Crippen molar-refractivity contribution in [3.8, 4) is 22.6 Å². The minimum Gasteiger partial charge on any atom is -0.497 e. The molecule has 0 aliphatic rings. The summed E-state index contributed by atoms with van der Waals surface area (Å²) in [5.41, 5.74) is 4.90. The summed E-state index contributed by atoms with van der Waals surface area (Å²) in [5, 5.41) is 10.4. The molecule has 0 saturated heterocycles. The fourth-order valence-electron chi connectivity index (χ4n) is 6.77. The largest absolute Gasteiger partial charge is 0.497 e. The summed E-state index contributed by atoms with van der Waals surface area (Å²) in [6, 6.07) is 21.0. The number of hydrogen-bond acceptors (Lipinski definition) is 7. The van der Waals surface area contributed by atoms with Crippen LogP contribution in [0, 0.1) is 5.82 Å². The minimum absolute atomic E-state index is 0.0256. The number of sulfonamides is 1. The number of methoxy groups -OCH3 is 1. The van der Waals surface area contributed by atoms with Gasteiger partial charge in [0.25, 0.3) is 0 Å². The van der Waals surface area contributed by atoms with Crippen molar-refractivity contribution in [1.29, 1.82) is 0 Å². The summed E-state index contributed by atoms with van der Waals surface area (Å²) in [4.78, 5) is 16.8.